The topological polar surface area (TPSA) is 17.1 Å². The van der Waals surface area contributed by atoms with Gasteiger partial charge in [0.2, 0.25) is 0 Å². The molecule has 0 rings (SSSR count). The minimum absolute atomic E-state index is 0. The monoisotopic (exact) mass is 234 g/mol. The van der Waals surface area contributed by atoms with E-state index in [1.807, 2.05) is 0 Å². The number of carbonyl (C=O) groups excluding carboxylic acids is 1. The summed E-state index contributed by atoms with van der Waals surface area (Å²) in [4.78, 5) is 9.44. The number of ketones is 1. The second-order valence-corrected chi connectivity index (χ2v) is 0.908. The van der Waals surface area contributed by atoms with Gasteiger partial charge in [-0.2, -0.15) is 0 Å². The zero-order chi connectivity index (χ0) is 3.58. The van der Waals surface area contributed by atoms with E-state index in [1.165, 1.54) is 13.8 Å². The number of hydrogen-bond donors (Lipinski definition) is 0. The van der Waals surface area contributed by atoms with Crippen LogP contribution in [0.4, 0.5) is 0 Å². The molecule has 1 nitrogen and oxygen atoms in total. The molecule has 0 aliphatic carbocycles. The average Bonchev–Trinajstić information content (AvgIpc) is 0.811. The molecule has 0 aromatic heterocycles. The Balaban J connectivity index is -0.0000000450. The van der Waals surface area contributed by atoms with Crippen LogP contribution in [0.3, 0.4) is 0 Å². The maximum atomic E-state index is 9.44. The van der Waals surface area contributed by atoms with Crippen LogP contribution in [0.25, 0.3) is 0 Å². The third-order valence-corrected chi connectivity index (χ3v) is 0. The molecule has 0 saturated heterocycles. The molecule has 40 valence electrons. The standard InChI is InChI=1S/C3H6O.In.Ni.3H/c1-3(2)4;;;;;/h1-2H3;;;;;. The number of rotatable bonds is 0. The smallest absolute Gasteiger partial charge is 0 e. The first-order valence-electron chi connectivity index (χ1n) is 1.20. The van der Waals surface area contributed by atoms with Crippen LogP contribution in [-0.4, -0.2) is 31.6 Å². The van der Waals surface area contributed by atoms with Crippen LogP contribution in [0.15, 0.2) is 0 Å². The molecule has 0 aromatic carbocycles. The van der Waals surface area contributed by atoms with Crippen molar-refractivity contribution in [2.45, 2.75) is 13.8 Å². The average molecular weight is 235 g/mol. The molecule has 0 bridgehead atoms. The molecule has 0 heterocycles. The third-order valence-electron chi connectivity index (χ3n) is 0. The Kier molecular flexibility index (Phi) is 24.6. The van der Waals surface area contributed by atoms with Crippen molar-refractivity contribution in [1.82, 2.24) is 0 Å². The molecular formula is C3H9InNiO. The van der Waals surface area contributed by atoms with E-state index < -0.39 is 0 Å². The maximum Gasteiger partial charge on any atom is 0 e. The molecule has 0 radical (unpaired) electrons. The van der Waals surface area contributed by atoms with Gasteiger partial charge in [0.25, 0.3) is 0 Å². The Bertz CT molecular complexity index is 33.8. The Labute approximate surface area is 66.6 Å². The summed E-state index contributed by atoms with van der Waals surface area (Å²) in [6, 6.07) is 0. The molecule has 3 heteroatoms. The van der Waals surface area contributed by atoms with Crippen LogP contribution in [0.2, 0.25) is 0 Å². The van der Waals surface area contributed by atoms with Gasteiger partial charge in [-0.1, -0.05) is 0 Å². The summed E-state index contributed by atoms with van der Waals surface area (Å²) in [5.74, 6) is 0.167. The predicted molar refractivity (Wildman–Crippen MR) is 26.3 cm³/mol. The van der Waals surface area contributed by atoms with E-state index in [0.29, 0.717) is 0 Å². The fraction of sp³-hybridized carbons (Fsp3) is 0.667. The first-order valence-corrected chi connectivity index (χ1v) is 1.20. The van der Waals surface area contributed by atoms with E-state index >= 15 is 0 Å². The van der Waals surface area contributed by atoms with Crippen LogP contribution in [0, 0.1) is 0 Å². The van der Waals surface area contributed by atoms with E-state index in [9.17, 15) is 4.79 Å². The second-order valence-electron chi connectivity index (χ2n) is 0.908. The van der Waals surface area contributed by atoms with Gasteiger partial charge < -0.3 is 4.79 Å². The molecule has 0 atom stereocenters. The summed E-state index contributed by atoms with van der Waals surface area (Å²) in [6.45, 7) is 3.06. The van der Waals surface area contributed by atoms with Crippen LogP contribution in [0.5, 0.6) is 0 Å². The van der Waals surface area contributed by atoms with Crippen LogP contribution < -0.4 is 0 Å². The van der Waals surface area contributed by atoms with Gasteiger partial charge in [0.1, 0.15) is 5.78 Å². The molecule has 0 aromatic rings. The van der Waals surface area contributed by atoms with Gasteiger partial charge in [-0.3, -0.25) is 0 Å². The Morgan fingerprint density at radius 2 is 1.33 bits per heavy atom. The maximum absolute atomic E-state index is 9.44. The fourth-order valence-electron chi connectivity index (χ4n) is 0. The van der Waals surface area contributed by atoms with Gasteiger partial charge in [0.15, 0.2) is 0 Å². The van der Waals surface area contributed by atoms with E-state index in [1.54, 1.807) is 0 Å². The van der Waals surface area contributed by atoms with Gasteiger partial charge in [-0.25, -0.2) is 0 Å². The van der Waals surface area contributed by atoms with Crippen molar-refractivity contribution in [3.05, 3.63) is 0 Å². The quantitative estimate of drug-likeness (QED) is 0.512. The Morgan fingerprint density at radius 3 is 1.33 bits per heavy atom. The summed E-state index contributed by atoms with van der Waals surface area (Å²) in [6.07, 6.45) is 0. The van der Waals surface area contributed by atoms with E-state index in [2.05, 4.69) is 0 Å². The minimum atomic E-state index is 0. The molecule has 0 saturated carbocycles. The summed E-state index contributed by atoms with van der Waals surface area (Å²) >= 11 is 0. The molecule has 0 fully saturated rings. The summed E-state index contributed by atoms with van der Waals surface area (Å²) in [7, 11) is 0. The molecule has 0 spiro atoms. The van der Waals surface area contributed by atoms with Crippen LogP contribution >= 0.6 is 0 Å². The second kappa shape index (κ2) is 9.40. The van der Waals surface area contributed by atoms with Gasteiger partial charge in [-0.05, 0) is 13.8 Å². The molecule has 0 N–H and O–H groups in total. The van der Waals surface area contributed by atoms with Crippen molar-refractivity contribution in [1.29, 1.82) is 0 Å². The Morgan fingerprint density at radius 1 is 1.33 bits per heavy atom. The first kappa shape index (κ1) is 15.7. The van der Waals surface area contributed by atoms with Gasteiger partial charge in [0.05, 0.1) is 0 Å². The number of carbonyl (C=O) groups is 1. The van der Waals surface area contributed by atoms with Crippen LogP contribution in [0.1, 0.15) is 13.8 Å². The zero-order valence-electron chi connectivity index (χ0n) is 3.22. The van der Waals surface area contributed by atoms with Crippen molar-refractivity contribution in [2.75, 3.05) is 0 Å². The fourth-order valence-corrected chi connectivity index (χ4v) is 0. The summed E-state index contributed by atoms with van der Waals surface area (Å²) in [5.41, 5.74) is 0. The predicted octanol–water partition coefficient (Wildman–Crippen LogP) is -0.591. The SMILES string of the molecule is CC(C)=O.[InH3].[Ni]. The van der Waals surface area contributed by atoms with Crippen molar-refractivity contribution < 1.29 is 21.3 Å². The van der Waals surface area contributed by atoms with Gasteiger partial charge >= 0.3 is 25.8 Å². The van der Waals surface area contributed by atoms with Crippen molar-refractivity contribution in [3.63, 3.8) is 0 Å². The zero-order valence-corrected chi connectivity index (χ0v) is 4.21. The summed E-state index contributed by atoms with van der Waals surface area (Å²) < 4.78 is 0. The molecule has 0 unspecified atom stereocenters. The largest absolute Gasteiger partial charge is 0 e. The molecule has 0 aliphatic rings. The van der Waals surface area contributed by atoms with E-state index in [4.69, 9.17) is 0 Å². The normalized spacial score (nSPS) is 4.33. The van der Waals surface area contributed by atoms with E-state index in [0.717, 1.165) is 0 Å². The number of Topliss-reactive ketones (excluding diaryl/α,β-unsaturated/α-hetero) is 1. The van der Waals surface area contributed by atoms with Gasteiger partial charge in [-0.15, -0.1) is 0 Å². The Hall–Kier alpha value is 1.03. The molecule has 0 aliphatic heterocycles. The number of hydrogen-bond acceptors (Lipinski definition) is 1. The van der Waals surface area contributed by atoms with Gasteiger partial charge in [0, 0.05) is 16.5 Å². The first-order chi connectivity index (χ1) is 1.73. The molecular weight excluding hydrogens is 226 g/mol. The van der Waals surface area contributed by atoms with Crippen LogP contribution in [-0.2, 0) is 21.3 Å². The third kappa shape index (κ3) is 76.7. The molecule has 0 amide bonds. The van der Waals surface area contributed by atoms with E-state index in [-0.39, 0.29) is 48.1 Å². The van der Waals surface area contributed by atoms with Crippen molar-refractivity contribution >= 4 is 31.6 Å². The molecule has 6 heavy (non-hydrogen) atoms. The minimum Gasteiger partial charge on any atom is 0 e. The van der Waals surface area contributed by atoms with Crippen molar-refractivity contribution in [2.24, 2.45) is 0 Å². The van der Waals surface area contributed by atoms with Crippen molar-refractivity contribution in [3.8, 4) is 0 Å². The summed E-state index contributed by atoms with van der Waals surface area (Å²) in [5, 5.41) is 0.